The Morgan fingerprint density at radius 2 is 1.84 bits per heavy atom. The summed E-state index contributed by atoms with van der Waals surface area (Å²) in [4.78, 5) is 16.6. The molecular weight excluding hydrogens is 238 g/mol. The number of nitrogens with two attached hydrogens (primary N) is 2. The molecule has 0 aliphatic carbocycles. The van der Waals surface area contributed by atoms with Gasteiger partial charge in [-0.2, -0.15) is 0 Å². The fraction of sp³-hybridized carbons (Fsp3) is 0.200. The summed E-state index contributed by atoms with van der Waals surface area (Å²) >= 11 is 0. The number of anilines is 1. The molecular formula is C15H17N3O. The highest BCUT2D eigenvalue weighted by Crippen LogP contribution is 2.26. The van der Waals surface area contributed by atoms with Crippen molar-refractivity contribution in [3.8, 4) is 0 Å². The van der Waals surface area contributed by atoms with Crippen molar-refractivity contribution in [2.45, 2.75) is 19.4 Å². The molecule has 0 spiro atoms. The lowest BCUT2D eigenvalue weighted by Crippen LogP contribution is -2.42. The van der Waals surface area contributed by atoms with Gasteiger partial charge < -0.3 is 11.5 Å². The van der Waals surface area contributed by atoms with Crippen molar-refractivity contribution in [2.75, 3.05) is 5.73 Å². The van der Waals surface area contributed by atoms with Gasteiger partial charge in [-0.15, -0.1) is 0 Å². The molecule has 0 aliphatic heterocycles. The second kappa shape index (κ2) is 4.82. The molecule has 0 aliphatic rings. The third-order valence-corrected chi connectivity index (χ3v) is 3.26. The van der Waals surface area contributed by atoms with Gasteiger partial charge in [0.15, 0.2) is 5.78 Å². The zero-order chi connectivity index (χ0) is 14.0. The van der Waals surface area contributed by atoms with E-state index in [9.17, 15) is 4.79 Å². The summed E-state index contributed by atoms with van der Waals surface area (Å²) in [6, 6.07) is 11.0. The van der Waals surface area contributed by atoms with Crippen molar-refractivity contribution in [2.24, 2.45) is 5.73 Å². The van der Waals surface area contributed by atoms with E-state index in [2.05, 4.69) is 4.98 Å². The number of rotatable bonds is 3. The molecule has 19 heavy (non-hydrogen) atoms. The van der Waals surface area contributed by atoms with E-state index < -0.39 is 5.54 Å². The van der Waals surface area contributed by atoms with Crippen molar-refractivity contribution < 1.29 is 4.79 Å². The third kappa shape index (κ3) is 2.35. The van der Waals surface area contributed by atoms with E-state index in [0.29, 0.717) is 5.56 Å². The van der Waals surface area contributed by atoms with Gasteiger partial charge in [0.25, 0.3) is 0 Å². The number of ketones is 1. The molecule has 0 bridgehead atoms. The first kappa shape index (κ1) is 13.2. The number of aryl methyl sites for hydroxylation is 1. The number of carbonyl (C=O) groups excluding carboxylic acids is 1. The van der Waals surface area contributed by atoms with Crippen molar-refractivity contribution in [1.29, 1.82) is 0 Å². The molecule has 0 fully saturated rings. The van der Waals surface area contributed by atoms with Crippen LogP contribution in [0, 0.1) is 6.92 Å². The molecule has 1 aromatic heterocycles. The van der Waals surface area contributed by atoms with Crippen molar-refractivity contribution in [3.05, 3.63) is 59.3 Å². The number of Topliss-reactive ketones (excluding diaryl/α,β-unsaturated/α-hetero) is 1. The zero-order valence-corrected chi connectivity index (χ0v) is 11.1. The summed E-state index contributed by atoms with van der Waals surface area (Å²) in [6.45, 7) is 3.52. The normalized spacial score (nSPS) is 13.8. The topological polar surface area (TPSA) is 82.0 Å². The summed E-state index contributed by atoms with van der Waals surface area (Å²) in [5.74, 6) is -0.000550. The van der Waals surface area contributed by atoms with Gasteiger partial charge >= 0.3 is 0 Å². The summed E-state index contributed by atoms with van der Waals surface area (Å²) in [5.41, 5.74) is 12.8. The average Bonchev–Trinajstić information content (AvgIpc) is 2.39. The molecule has 1 heterocycles. The summed E-state index contributed by atoms with van der Waals surface area (Å²) < 4.78 is 0. The van der Waals surface area contributed by atoms with Crippen LogP contribution >= 0.6 is 0 Å². The van der Waals surface area contributed by atoms with Crippen molar-refractivity contribution in [3.63, 3.8) is 0 Å². The van der Waals surface area contributed by atoms with Crippen molar-refractivity contribution in [1.82, 2.24) is 4.98 Å². The third-order valence-electron chi connectivity index (χ3n) is 3.26. The Morgan fingerprint density at radius 1 is 1.21 bits per heavy atom. The largest absolute Gasteiger partial charge is 0.383 e. The molecule has 2 rings (SSSR count). The van der Waals surface area contributed by atoms with Gasteiger partial charge in [0.1, 0.15) is 11.4 Å². The van der Waals surface area contributed by atoms with E-state index in [1.165, 1.54) is 0 Å². The van der Waals surface area contributed by atoms with Crippen LogP contribution in [0.2, 0.25) is 0 Å². The van der Waals surface area contributed by atoms with Gasteiger partial charge in [0.05, 0.1) is 5.56 Å². The molecule has 1 atom stereocenters. The maximum absolute atomic E-state index is 12.7. The first-order chi connectivity index (χ1) is 8.94. The Labute approximate surface area is 112 Å². The molecule has 2 aromatic rings. The molecule has 0 radical (unpaired) electrons. The van der Waals surface area contributed by atoms with Crippen LogP contribution in [0.5, 0.6) is 0 Å². The molecule has 98 valence electrons. The molecule has 1 unspecified atom stereocenters. The van der Waals surface area contributed by atoms with Crippen LogP contribution in [-0.2, 0) is 5.54 Å². The summed E-state index contributed by atoms with van der Waals surface area (Å²) in [7, 11) is 0. The van der Waals surface area contributed by atoms with Crippen LogP contribution < -0.4 is 11.5 Å². The number of hydrogen-bond donors (Lipinski definition) is 2. The van der Waals surface area contributed by atoms with Crippen LogP contribution in [0.4, 0.5) is 5.82 Å². The smallest absolute Gasteiger partial charge is 0.190 e. The van der Waals surface area contributed by atoms with Crippen LogP contribution in [-0.4, -0.2) is 10.8 Å². The minimum atomic E-state index is -1.12. The quantitative estimate of drug-likeness (QED) is 0.822. The fourth-order valence-electron chi connectivity index (χ4n) is 2.05. The number of pyridine rings is 1. The second-order valence-corrected chi connectivity index (χ2v) is 4.79. The van der Waals surface area contributed by atoms with Crippen LogP contribution in [0.25, 0.3) is 0 Å². The number of nitrogens with zero attached hydrogens (tertiary/aromatic N) is 1. The van der Waals surface area contributed by atoms with E-state index >= 15 is 0 Å². The SMILES string of the molecule is Cc1ccnc(N)c1C(=O)C(C)(N)c1ccccc1. The number of carbonyl (C=O) groups is 1. The lowest BCUT2D eigenvalue weighted by Gasteiger charge is -2.25. The molecule has 4 nitrogen and oxygen atoms in total. The number of nitrogen functional groups attached to an aromatic ring is 1. The highest BCUT2D eigenvalue weighted by atomic mass is 16.1. The minimum Gasteiger partial charge on any atom is -0.383 e. The number of hydrogen-bond acceptors (Lipinski definition) is 4. The van der Waals surface area contributed by atoms with E-state index in [0.717, 1.165) is 11.1 Å². The molecule has 0 saturated carbocycles. The van der Waals surface area contributed by atoms with Gasteiger partial charge in [-0.3, -0.25) is 4.79 Å². The maximum Gasteiger partial charge on any atom is 0.190 e. The molecule has 4 heteroatoms. The van der Waals surface area contributed by atoms with Gasteiger partial charge in [-0.1, -0.05) is 30.3 Å². The Hall–Kier alpha value is -2.20. The lowest BCUT2D eigenvalue weighted by molar-refractivity contribution is 0.0900. The van der Waals surface area contributed by atoms with E-state index in [1.807, 2.05) is 37.3 Å². The van der Waals surface area contributed by atoms with Crippen LogP contribution in [0.1, 0.15) is 28.4 Å². The van der Waals surface area contributed by atoms with Crippen LogP contribution in [0.15, 0.2) is 42.6 Å². The Morgan fingerprint density at radius 3 is 2.42 bits per heavy atom. The number of aromatic nitrogens is 1. The standard InChI is InChI=1S/C15H17N3O/c1-10-8-9-18-14(16)12(10)13(19)15(2,17)11-6-4-3-5-7-11/h3-9H,17H2,1-2H3,(H2,16,18). The maximum atomic E-state index is 12.7. The van der Waals surface area contributed by atoms with Gasteiger partial charge in [-0.25, -0.2) is 4.98 Å². The predicted octanol–water partition coefficient (Wildman–Crippen LogP) is 2.03. The first-order valence-electron chi connectivity index (χ1n) is 6.05. The monoisotopic (exact) mass is 255 g/mol. The highest BCUT2D eigenvalue weighted by molar-refractivity contribution is 6.07. The van der Waals surface area contributed by atoms with E-state index in [1.54, 1.807) is 19.2 Å². The van der Waals surface area contributed by atoms with Gasteiger partial charge in [-0.05, 0) is 31.0 Å². The Kier molecular flexibility index (Phi) is 3.36. The van der Waals surface area contributed by atoms with E-state index in [-0.39, 0.29) is 11.6 Å². The Balaban J connectivity index is 2.50. The zero-order valence-electron chi connectivity index (χ0n) is 11.1. The number of benzene rings is 1. The highest BCUT2D eigenvalue weighted by Gasteiger charge is 2.33. The Bertz CT molecular complexity index is 586. The van der Waals surface area contributed by atoms with Crippen molar-refractivity contribution >= 4 is 11.6 Å². The molecule has 4 N–H and O–H groups in total. The second-order valence-electron chi connectivity index (χ2n) is 4.79. The minimum absolute atomic E-state index is 0.220. The first-order valence-corrected chi connectivity index (χ1v) is 6.05. The van der Waals surface area contributed by atoms with Gasteiger partial charge in [0, 0.05) is 6.20 Å². The predicted molar refractivity (Wildman–Crippen MR) is 75.7 cm³/mol. The summed E-state index contributed by atoms with van der Waals surface area (Å²) in [6.07, 6.45) is 1.58. The lowest BCUT2D eigenvalue weighted by atomic mass is 9.84. The average molecular weight is 255 g/mol. The molecule has 0 amide bonds. The van der Waals surface area contributed by atoms with E-state index in [4.69, 9.17) is 11.5 Å². The fourth-order valence-corrected chi connectivity index (χ4v) is 2.05. The molecule has 1 aromatic carbocycles. The summed E-state index contributed by atoms with van der Waals surface area (Å²) in [5, 5.41) is 0. The van der Waals surface area contributed by atoms with Crippen LogP contribution in [0.3, 0.4) is 0 Å². The molecule has 0 saturated heterocycles. The van der Waals surface area contributed by atoms with Gasteiger partial charge in [0.2, 0.25) is 0 Å².